The van der Waals surface area contributed by atoms with Gasteiger partial charge in [0.05, 0.1) is 6.04 Å². The van der Waals surface area contributed by atoms with Crippen molar-refractivity contribution in [3.63, 3.8) is 0 Å². The van der Waals surface area contributed by atoms with Gasteiger partial charge in [0, 0.05) is 17.6 Å². The maximum atomic E-state index is 11.0. The van der Waals surface area contributed by atoms with E-state index < -0.39 is 5.97 Å². The number of nitrogens with zero attached hydrogens (tertiary/aromatic N) is 1. The molecule has 0 aliphatic heterocycles. The van der Waals surface area contributed by atoms with E-state index >= 15 is 0 Å². The lowest BCUT2D eigenvalue weighted by Gasteiger charge is -2.13. The lowest BCUT2D eigenvalue weighted by atomic mass is 10.2. The minimum atomic E-state index is -0.981. The summed E-state index contributed by atoms with van der Waals surface area (Å²) in [6.45, 7) is 5.04. The van der Waals surface area contributed by atoms with Crippen LogP contribution >= 0.6 is 11.3 Å². The summed E-state index contributed by atoms with van der Waals surface area (Å²) in [5.41, 5.74) is 1.20. The molecule has 6 heteroatoms. The summed E-state index contributed by atoms with van der Waals surface area (Å²) in [4.78, 5) is 15.5. The molecular formula is C15H18N2O3S. The Morgan fingerprint density at radius 2 is 2.24 bits per heavy atom. The number of aryl methyl sites for hydroxylation is 1. The number of para-hydroxylation sites is 1. The molecule has 2 aromatic rings. The van der Waals surface area contributed by atoms with E-state index in [0.29, 0.717) is 18.9 Å². The third-order valence-electron chi connectivity index (χ3n) is 2.93. The molecule has 0 radical (unpaired) electrons. The number of aromatic nitrogens is 1. The molecule has 1 aromatic carbocycles. The van der Waals surface area contributed by atoms with Crippen LogP contribution in [0.3, 0.4) is 0 Å². The zero-order valence-corrected chi connectivity index (χ0v) is 12.8. The predicted octanol–water partition coefficient (Wildman–Crippen LogP) is 2.88. The Kier molecular flexibility index (Phi) is 5.30. The summed E-state index contributed by atoms with van der Waals surface area (Å²) < 4.78 is 5.53. The third kappa shape index (κ3) is 4.27. The lowest BCUT2D eigenvalue weighted by Crippen LogP contribution is -2.24. The average molecular weight is 306 g/mol. The number of rotatable bonds is 7. The van der Waals surface area contributed by atoms with E-state index in [1.54, 1.807) is 29.5 Å². The van der Waals surface area contributed by atoms with Gasteiger partial charge in [0.25, 0.3) is 0 Å². The van der Waals surface area contributed by atoms with Crippen molar-refractivity contribution in [3.05, 3.63) is 45.9 Å². The molecule has 21 heavy (non-hydrogen) atoms. The van der Waals surface area contributed by atoms with Crippen LogP contribution in [0.4, 0.5) is 0 Å². The second kappa shape index (κ2) is 7.19. The highest BCUT2D eigenvalue weighted by molar-refractivity contribution is 7.09. The molecular weight excluding hydrogens is 288 g/mol. The van der Waals surface area contributed by atoms with E-state index in [2.05, 4.69) is 10.3 Å². The zero-order valence-electron chi connectivity index (χ0n) is 12.0. The van der Waals surface area contributed by atoms with Crippen LogP contribution in [0.25, 0.3) is 0 Å². The van der Waals surface area contributed by atoms with Gasteiger partial charge in [-0.25, -0.2) is 9.78 Å². The van der Waals surface area contributed by atoms with Crippen molar-refractivity contribution >= 4 is 17.3 Å². The van der Waals surface area contributed by atoms with Crippen molar-refractivity contribution in [1.29, 1.82) is 0 Å². The van der Waals surface area contributed by atoms with Crippen molar-refractivity contribution in [3.8, 4) is 5.75 Å². The van der Waals surface area contributed by atoms with E-state index in [4.69, 9.17) is 9.84 Å². The molecule has 0 aliphatic rings. The number of hydrogen-bond donors (Lipinski definition) is 2. The first-order valence-corrected chi connectivity index (χ1v) is 7.56. The van der Waals surface area contributed by atoms with Crippen LogP contribution < -0.4 is 10.1 Å². The number of carboxylic acid groups (broad SMARTS) is 1. The van der Waals surface area contributed by atoms with E-state index in [9.17, 15) is 4.79 Å². The Hall–Kier alpha value is -1.92. The molecule has 0 saturated carbocycles. The Morgan fingerprint density at radius 1 is 1.48 bits per heavy atom. The highest BCUT2D eigenvalue weighted by atomic mass is 32.1. The number of benzene rings is 1. The average Bonchev–Trinajstić information content (AvgIpc) is 2.90. The second-order valence-corrected chi connectivity index (χ2v) is 5.54. The molecule has 0 spiro atoms. The molecule has 0 aliphatic carbocycles. The number of nitrogens with one attached hydrogen (secondary N) is 1. The van der Waals surface area contributed by atoms with Gasteiger partial charge in [-0.15, -0.1) is 11.3 Å². The highest BCUT2D eigenvalue weighted by Gasteiger charge is 2.11. The summed E-state index contributed by atoms with van der Waals surface area (Å²) in [7, 11) is 0. The Labute approximate surface area is 127 Å². The van der Waals surface area contributed by atoms with Gasteiger partial charge < -0.3 is 15.2 Å². The molecule has 5 nitrogen and oxygen atoms in total. The first-order chi connectivity index (χ1) is 10.1. The minimum Gasteiger partial charge on any atom is -0.491 e. The predicted molar refractivity (Wildman–Crippen MR) is 82.2 cm³/mol. The van der Waals surface area contributed by atoms with Crippen LogP contribution in [0.1, 0.15) is 34.0 Å². The minimum absolute atomic E-state index is 0.155. The van der Waals surface area contributed by atoms with Crippen molar-refractivity contribution in [2.45, 2.75) is 19.9 Å². The van der Waals surface area contributed by atoms with Gasteiger partial charge in [-0.1, -0.05) is 12.1 Å². The van der Waals surface area contributed by atoms with Crippen LogP contribution in [0, 0.1) is 6.92 Å². The quantitative estimate of drug-likeness (QED) is 0.770. The van der Waals surface area contributed by atoms with E-state index in [1.165, 1.54) is 6.07 Å². The zero-order chi connectivity index (χ0) is 15.2. The summed E-state index contributed by atoms with van der Waals surface area (Å²) >= 11 is 1.63. The smallest absolute Gasteiger partial charge is 0.339 e. The molecule has 2 N–H and O–H groups in total. The molecule has 2 rings (SSSR count). The van der Waals surface area contributed by atoms with Crippen LogP contribution in [0.5, 0.6) is 5.75 Å². The van der Waals surface area contributed by atoms with Crippen molar-refractivity contribution in [2.24, 2.45) is 0 Å². The second-order valence-electron chi connectivity index (χ2n) is 4.65. The fraction of sp³-hybridized carbons (Fsp3) is 0.333. The maximum absolute atomic E-state index is 11.0. The van der Waals surface area contributed by atoms with Crippen LogP contribution in [-0.2, 0) is 0 Å². The first kappa shape index (κ1) is 15.5. The summed E-state index contributed by atoms with van der Waals surface area (Å²) in [5, 5.41) is 15.4. The molecule has 112 valence electrons. The van der Waals surface area contributed by atoms with Crippen molar-refractivity contribution in [1.82, 2.24) is 10.3 Å². The molecule has 0 amide bonds. The molecule has 0 bridgehead atoms. The third-order valence-corrected chi connectivity index (χ3v) is 4.08. The van der Waals surface area contributed by atoms with Gasteiger partial charge in [0.2, 0.25) is 0 Å². The van der Waals surface area contributed by atoms with Gasteiger partial charge in [0.1, 0.15) is 22.9 Å². The first-order valence-electron chi connectivity index (χ1n) is 6.68. The highest BCUT2D eigenvalue weighted by Crippen LogP contribution is 2.18. The van der Waals surface area contributed by atoms with E-state index in [1.807, 2.05) is 19.2 Å². The maximum Gasteiger partial charge on any atom is 0.339 e. The monoisotopic (exact) mass is 306 g/mol. The van der Waals surface area contributed by atoms with E-state index in [0.717, 1.165) is 10.7 Å². The number of hydrogen-bond acceptors (Lipinski definition) is 5. The Balaban J connectivity index is 1.81. The number of carboxylic acids is 1. The number of carbonyl (C=O) groups is 1. The topological polar surface area (TPSA) is 71.5 Å². The van der Waals surface area contributed by atoms with Crippen molar-refractivity contribution < 1.29 is 14.6 Å². The van der Waals surface area contributed by atoms with Gasteiger partial charge in [-0.05, 0) is 26.0 Å². The van der Waals surface area contributed by atoms with Gasteiger partial charge in [-0.2, -0.15) is 0 Å². The molecule has 1 aromatic heterocycles. The standard InChI is InChI=1S/C15H18N2O3S/c1-10-9-21-14(17-10)11(2)16-7-8-20-13-6-4-3-5-12(13)15(18)19/h3-6,9,11,16H,7-8H2,1-2H3,(H,18,19). The summed E-state index contributed by atoms with van der Waals surface area (Å²) in [5.74, 6) is -0.588. The number of ether oxygens (including phenoxy) is 1. The van der Waals surface area contributed by atoms with Gasteiger partial charge in [0.15, 0.2) is 0 Å². The summed E-state index contributed by atoms with van der Waals surface area (Å²) in [6.07, 6.45) is 0. The van der Waals surface area contributed by atoms with Crippen LogP contribution in [0.15, 0.2) is 29.6 Å². The van der Waals surface area contributed by atoms with Gasteiger partial charge in [-0.3, -0.25) is 0 Å². The number of thiazole rings is 1. The largest absolute Gasteiger partial charge is 0.491 e. The lowest BCUT2D eigenvalue weighted by molar-refractivity contribution is 0.0692. The molecule has 1 heterocycles. The van der Waals surface area contributed by atoms with Crippen LogP contribution in [-0.4, -0.2) is 29.2 Å². The SMILES string of the molecule is Cc1csc(C(C)NCCOc2ccccc2C(=O)O)n1. The molecule has 0 fully saturated rings. The fourth-order valence-electron chi connectivity index (χ4n) is 1.86. The fourth-order valence-corrected chi connectivity index (χ4v) is 2.69. The Bertz CT molecular complexity index is 612. The normalized spacial score (nSPS) is 12.1. The Morgan fingerprint density at radius 3 is 2.90 bits per heavy atom. The van der Waals surface area contributed by atoms with Crippen molar-refractivity contribution in [2.75, 3.05) is 13.2 Å². The number of aromatic carboxylic acids is 1. The molecule has 1 atom stereocenters. The van der Waals surface area contributed by atoms with E-state index in [-0.39, 0.29) is 11.6 Å². The van der Waals surface area contributed by atoms with Crippen LogP contribution in [0.2, 0.25) is 0 Å². The summed E-state index contributed by atoms with van der Waals surface area (Å²) in [6, 6.07) is 6.79. The molecule has 0 saturated heterocycles. The molecule has 1 unspecified atom stereocenters. The van der Waals surface area contributed by atoms with Gasteiger partial charge >= 0.3 is 5.97 Å².